The maximum absolute atomic E-state index is 3.60. The summed E-state index contributed by atoms with van der Waals surface area (Å²) in [5.74, 6) is 0. The van der Waals surface area contributed by atoms with Gasteiger partial charge in [0.1, 0.15) is 0 Å². The molecule has 1 heteroatoms. The third kappa shape index (κ3) is 11.5. The zero-order valence-corrected chi connectivity index (χ0v) is 8.65. The Morgan fingerprint density at radius 3 is 1.80 bits per heavy atom. The van der Waals surface area contributed by atoms with Crippen LogP contribution in [0.15, 0.2) is 0 Å². The standard InChI is InChI=1S/C5H9.C4H9.Mg/c1-2-4-5-3-1;1-3-4-2;/h1H,2-5H2;1,3-4H2,2H3;/q2*-1;+2. The summed E-state index contributed by atoms with van der Waals surface area (Å²) in [5, 5.41) is 0. The second-order valence-electron chi connectivity index (χ2n) is 2.43. The van der Waals surface area contributed by atoms with Gasteiger partial charge in [-0.05, 0) is 0 Å². The van der Waals surface area contributed by atoms with E-state index in [1.165, 1.54) is 32.1 Å². The summed E-state index contributed by atoms with van der Waals surface area (Å²) in [6, 6.07) is 0. The molecule has 1 rings (SSSR count). The van der Waals surface area contributed by atoms with Crippen LogP contribution in [0.2, 0.25) is 0 Å². The molecule has 1 fully saturated rings. The van der Waals surface area contributed by atoms with Crippen LogP contribution in [0.25, 0.3) is 0 Å². The summed E-state index contributed by atoms with van der Waals surface area (Å²) < 4.78 is 0. The molecule has 0 atom stereocenters. The van der Waals surface area contributed by atoms with Crippen LogP contribution < -0.4 is 0 Å². The fourth-order valence-electron chi connectivity index (χ4n) is 0.722. The normalized spacial score (nSPS) is 15.0. The number of unbranched alkanes of at least 4 members (excludes halogenated alkanes) is 1. The number of hydrogen-bond acceptors (Lipinski definition) is 0. The van der Waals surface area contributed by atoms with Crippen molar-refractivity contribution in [1.29, 1.82) is 0 Å². The summed E-state index contributed by atoms with van der Waals surface area (Å²) in [4.78, 5) is 0. The van der Waals surface area contributed by atoms with Gasteiger partial charge in [0.15, 0.2) is 0 Å². The largest absolute Gasteiger partial charge is 2.00 e. The predicted molar refractivity (Wildman–Crippen MR) is 48.8 cm³/mol. The van der Waals surface area contributed by atoms with Crippen molar-refractivity contribution in [3.63, 3.8) is 0 Å². The molecule has 1 aliphatic carbocycles. The van der Waals surface area contributed by atoms with E-state index in [9.17, 15) is 0 Å². The van der Waals surface area contributed by atoms with Crippen molar-refractivity contribution < 1.29 is 0 Å². The van der Waals surface area contributed by atoms with Crippen molar-refractivity contribution >= 4 is 23.1 Å². The van der Waals surface area contributed by atoms with Crippen molar-refractivity contribution in [1.82, 2.24) is 0 Å². The van der Waals surface area contributed by atoms with Crippen molar-refractivity contribution in [3.8, 4) is 0 Å². The van der Waals surface area contributed by atoms with Crippen molar-refractivity contribution in [2.75, 3.05) is 0 Å². The number of hydrogen-bond donors (Lipinski definition) is 0. The summed E-state index contributed by atoms with van der Waals surface area (Å²) in [5.41, 5.74) is 0. The molecule has 56 valence electrons. The minimum absolute atomic E-state index is 0. The van der Waals surface area contributed by atoms with Crippen molar-refractivity contribution in [2.24, 2.45) is 0 Å². The van der Waals surface area contributed by atoms with Crippen LogP contribution in [0, 0.1) is 13.3 Å². The van der Waals surface area contributed by atoms with Gasteiger partial charge in [-0.25, -0.2) is 0 Å². The maximum Gasteiger partial charge on any atom is 2.00 e. The monoisotopic (exact) mass is 150 g/mol. The first-order valence-electron chi connectivity index (χ1n) is 4.02. The fraction of sp³-hybridized carbons (Fsp3) is 0.778. The molecule has 0 aromatic carbocycles. The van der Waals surface area contributed by atoms with E-state index >= 15 is 0 Å². The van der Waals surface area contributed by atoms with Gasteiger partial charge in [0.2, 0.25) is 0 Å². The zero-order chi connectivity index (χ0) is 6.95. The summed E-state index contributed by atoms with van der Waals surface area (Å²) in [6.45, 7) is 5.72. The van der Waals surface area contributed by atoms with Gasteiger partial charge in [0.25, 0.3) is 0 Å². The first-order chi connectivity index (χ1) is 4.41. The SMILES string of the molecule is [CH-]1CCCC1.[CH2-]CCC.[Mg+2]. The molecule has 0 bridgehead atoms. The molecule has 0 N–H and O–H groups in total. The first kappa shape index (κ1) is 13.4. The van der Waals surface area contributed by atoms with E-state index in [1.807, 2.05) is 0 Å². The quantitative estimate of drug-likeness (QED) is 0.398. The van der Waals surface area contributed by atoms with Crippen LogP contribution in [0.4, 0.5) is 0 Å². The van der Waals surface area contributed by atoms with Crippen LogP contribution in [-0.4, -0.2) is 23.1 Å². The van der Waals surface area contributed by atoms with Gasteiger partial charge in [0, 0.05) is 0 Å². The second-order valence-corrected chi connectivity index (χ2v) is 2.43. The predicted octanol–water partition coefficient (Wildman–Crippen LogP) is 3.00. The van der Waals surface area contributed by atoms with Crippen molar-refractivity contribution in [3.05, 3.63) is 13.3 Å². The van der Waals surface area contributed by atoms with Gasteiger partial charge in [-0.1, -0.05) is 26.2 Å². The molecule has 0 aliphatic heterocycles. The Hall–Kier alpha value is 0.766. The molecule has 0 radical (unpaired) electrons. The minimum Gasteiger partial charge on any atom is -0.343 e. The molecule has 10 heavy (non-hydrogen) atoms. The first-order valence-corrected chi connectivity index (χ1v) is 4.02. The van der Waals surface area contributed by atoms with E-state index < -0.39 is 0 Å². The number of rotatable bonds is 1. The molecule has 0 spiro atoms. The Balaban J connectivity index is 0. The molecule has 0 unspecified atom stereocenters. The van der Waals surface area contributed by atoms with Gasteiger partial charge in [0.05, 0.1) is 0 Å². The summed E-state index contributed by atoms with van der Waals surface area (Å²) in [6.07, 6.45) is 10.3. The van der Waals surface area contributed by atoms with Gasteiger partial charge in [-0.15, -0.1) is 0 Å². The molecule has 0 aromatic heterocycles. The smallest absolute Gasteiger partial charge is 0.343 e. The van der Waals surface area contributed by atoms with Crippen LogP contribution in [0.5, 0.6) is 0 Å². The van der Waals surface area contributed by atoms with E-state index in [1.54, 1.807) is 0 Å². The third-order valence-electron chi connectivity index (χ3n) is 1.42. The average Bonchev–Trinajstić information content (AvgIpc) is 2.43. The Morgan fingerprint density at radius 2 is 1.70 bits per heavy atom. The summed E-state index contributed by atoms with van der Waals surface area (Å²) >= 11 is 0. The van der Waals surface area contributed by atoms with E-state index in [4.69, 9.17) is 0 Å². The van der Waals surface area contributed by atoms with Gasteiger partial charge < -0.3 is 13.3 Å². The molecular weight excluding hydrogens is 132 g/mol. The van der Waals surface area contributed by atoms with Gasteiger partial charge in [-0.3, -0.25) is 0 Å². The Bertz CT molecular complexity index is 30.4. The molecule has 1 aliphatic rings. The zero-order valence-electron chi connectivity index (χ0n) is 7.23. The topological polar surface area (TPSA) is 0 Å². The summed E-state index contributed by atoms with van der Waals surface area (Å²) in [7, 11) is 0. The molecule has 0 saturated heterocycles. The van der Waals surface area contributed by atoms with E-state index in [0.29, 0.717) is 0 Å². The molecule has 0 amide bonds. The molecular formula is C9H18Mg. The van der Waals surface area contributed by atoms with E-state index in [0.717, 1.165) is 6.42 Å². The molecule has 0 aromatic rings. The maximum atomic E-state index is 3.60. The van der Waals surface area contributed by atoms with E-state index in [2.05, 4.69) is 20.3 Å². The average molecular weight is 151 g/mol. The third-order valence-corrected chi connectivity index (χ3v) is 1.42. The van der Waals surface area contributed by atoms with Gasteiger partial charge in [-0.2, -0.15) is 19.3 Å². The Kier molecular flexibility index (Phi) is 16.6. The molecule has 0 nitrogen and oxygen atoms in total. The second kappa shape index (κ2) is 12.4. The van der Waals surface area contributed by atoms with Gasteiger partial charge >= 0.3 is 23.1 Å². The molecule has 1 saturated carbocycles. The Labute approximate surface area is 81.9 Å². The van der Waals surface area contributed by atoms with Crippen LogP contribution >= 0.6 is 0 Å². The van der Waals surface area contributed by atoms with Crippen LogP contribution in [-0.2, 0) is 0 Å². The van der Waals surface area contributed by atoms with E-state index in [-0.39, 0.29) is 23.1 Å². The van der Waals surface area contributed by atoms with Crippen molar-refractivity contribution in [2.45, 2.75) is 45.4 Å². The minimum atomic E-state index is 0. The van der Waals surface area contributed by atoms with Crippen LogP contribution in [0.1, 0.15) is 45.4 Å². The Morgan fingerprint density at radius 1 is 1.30 bits per heavy atom. The van der Waals surface area contributed by atoms with Crippen LogP contribution in [0.3, 0.4) is 0 Å². The fourth-order valence-corrected chi connectivity index (χ4v) is 0.722. The molecule has 0 heterocycles.